The molecule has 2 heterocycles. The molecule has 3 rings (SSSR count). The van der Waals surface area contributed by atoms with Gasteiger partial charge in [-0.05, 0) is 6.07 Å². The van der Waals surface area contributed by atoms with Crippen molar-refractivity contribution in [2.24, 2.45) is 7.05 Å². The minimum absolute atomic E-state index is 0.0737. The first-order valence-electron chi connectivity index (χ1n) is 6.87. The number of aromatic nitrogens is 3. The van der Waals surface area contributed by atoms with E-state index in [1.807, 2.05) is 42.8 Å². The van der Waals surface area contributed by atoms with Crippen LogP contribution in [0.4, 0.5) is 0 Å². The summed E-state index contributed by atoms with van der Waals surface area (Å²) in [5, 5.41) is 12.3. The Balaban J connectivity index is 1.74. The molecule has 0 aliphatic rings. The summed E-state index contributed by atoms with van der Waals surface area (Å²) in [5.74, 6) is 0.757. The number of hydrogen-bond donors (Lipinski definition) is 1. The van der Waals surface area contributed by atoms with Gasteiger partial charge in [0, 0.05) is 29.6 Å². The summed E-state index contributed by atoms with van der Waals surface area (Å²) in [6.45, 7) is 2.48. The van der Waals surface area contributed by atoms with Gasteiger partial charge in [-0.15, -0.1) is 21.5 Å². The maximum absolute atomic E-state index is 12.4. The van der Waals surface area contributed by atoms with E-state index in [1.54, 1.807) is 6.33 Å². The van der Waals surface area contributed by atoms with Crippen molar-refractivity contribution in [3.8, 4) is 0 Å². The molecule has 0 fully saturated rings. The zero-order valence-corrected chi connectivity index (χ0v) is 13.8. The van der Waals surface area contributed by atoms with Crippen LogP contribution in [0.5, 0.6) is 0 Å². The zero-order chi connectivity index (χ0) is 15.7. The molecule has 1 atom stereocenters. The third-order valence-electron chi connectivity index (χ3n) is 3.50. The lowest BCUT2D eigenvalue weighted by Crippen LogP contribution is -2.28. The largest absolute Gasteiger partial charge is 0.351 e. The molecule has 0 aliphatic heterocycles. The quantitative estimate of drug-likeness (QED) is 0.797. The van der Waals surface area contributed by atoms with Gasteiger partial charge < -0.3 is 9.88 Å². The summed E-state index contributed by atoms with van der Waals surface area (Å²) in [5.41, 5.74) is 0. The molecule has 3 aromatic rings. The number of carbonyl (C=O) groups excluding carboxylic acids is 1. The number of rotatable bonds is 4. The molecule has 0 saturated carbocycles. The molecule has 1 amide bonds. The van der Waals surface area contributed by atoms with Crippen LogP contribution in [-0.4, -0.2) is 27.2 Å². The van der Waals surface area contributed by atoms with Crippen LogP contribution in [0.25, 0.3) is 10.1 Å². The first-order chi connectivity index (χ1) is 10.6. The lowest BCUT2D eigenvalue weighted by atomic mass is 10.1. The van der Waals surface area contributed by atoms with Crippen molar-refractivity contribution in [3.63, 3.8) is 0 Å². The molecule has 0 aliphatic carbocycles. The number of aryl methyl sites for hydroxylation is 1. The Morgan fingerprint density at radius 2 is 2.23 bits per heavy atom. The van der Waals surface area contributed by atoms with Crippen molar-refractivity contribution in [1.29, 1.82) is 0 Å². The SMILES string of the molecule is CC(CNC(=O)c1sc2ccccc2c1Cl)c1nncn1C. The van der Waals surface area contributed by atoms with Crippen LogP contribution >= 0.6 is 22.9 Å². The monoisotopic (exact) mass is 334 g/mol. The van der Waals surface area contributed by atoms with E-state index in [0.29, 0.717) is 16.4 Å². The van der Waals surface area contributed by atoms with Crippen molar-refractivity contribution in [3.05, 3.63) is 46.3 Å². The number of amides is 1. The topological polar surface area (TPSA) is 59.8 Å². The van der Waals surface area contributed by atoms with E-state index in [0.717, 1.165) is 15.9 Å². The van der Waals surface area contributed by atoms with E-state index in [4.69, 9.17) is 11.6 Å². The predicted octanol–water partition coefficient (Wildman–Crippen LogP) is 3.22. The highest BCUT2D eigenvalue weighted by Crippen LogP contribution is 2.35. The molecule has 1 unspecified atom stereocenters. The van der Waals surface area contributed by atoms with Gasteiger partial charge in [0.25, 0.3) is 5.91 Å². The highest BCUT2D eigenvalue weighted by Gasteiger charge is 2.18. The molecular weight excluding hydrogens is 320 g/mol. The van der Waals surface area contributed by atoms with Gasteiger partial charge in [0.2, 0.25) is 0 Å². The highest BCUT2D eigenvalue weighted by atomic mass is 35.5. The van der Waals surface area contributed by atoms with Crippen LogP contribution < -0.4 is 5.32 Å². The molecule has 0 bridgehead atoms. The van der Waals surface area contributed by atoms with Crippen molar-refractivity contribution in [1.82, 2.24) is 20.1 Å². The Morgan fingerprint density at radius 1 is 1.45 bits per heavy atom. The molecule has 22 heavy (non-hydrogen) atoms. The second kappa shape index (κ2) is 6.06. The third kappa shape index (κ3) is 2.71. The standard InChI is InChI=1S/C15H15ClN4OS/c1-9(14-19-18-8-20(14)2)7-17-15(21)13-12(16)10-5-3-4-6-11(10)22-13/h3-6,8-9H,7H2,1-2H3,(H,17,21). The zero-order valence-electron chi connectivity index (χ0n) is 12.2. The molecular formula is C15H15ClN4OS. The van der Waals surface area contributed by atoms with Gasteiger partial charge in [0.15, 0.2) is 0 Å². The molecule has 114 valence electrons. The number of hydrogen-bond acceptors (Lipinski definition) is 4. The molecule has 7 heteroatoms. The summed E-state index contributed by atoms with van der Waals surface area (Å²) in [7, 11) is 1.89. The molecule has 5 nitrogen and oxygen atoms in total. The lowest BCUT2D eigenvalue weighted by Gasteiger charge is -2.11. The fraction of sp³-hybridized carbons (Fsp3) is 0.267. The summed E-state index contributed by atoms with van der Waals surface area (Å²) in [6.07, 6.45) is 1.65. The Bertz CT molecular complexity index is 826. The summed E-state index contributed by atoms with van der Waals surface area (Å²) >= 11 is 7.72. The first kappa shape index (κ1) is 15.0. The fourth-order valence-electron chi connectivity index (χ4n) is 2.32. The summed E-state index contributed by atoms with van der Waals surface area (Å²) < 4.78 is 2.86. The Labute approximate surface area is 136 Å². The number of fused-ring (bicyclic) bond motifs is 1. The number of carbonyl (C=O) groups is 1. The van der Waals surface area contributed by atoms with E-state index in [1.165, 1.54) is 11.3 Å². The molecule has 0 radical (unpaired) electrons. The van der Waals surface area contributed by atoms with Gasteiger partial charge in [0.05, 0.1) is 5.02 Å². The van der Waals surface area contributed by atoms with E-state index in [2.05, 4.69) is 15.5 Å². The summed E-state index contributed by atoms with van der Waals surface area (Å²) in [6, 6.07) is 7.74. The Hall–Kier alpha value is -1.92. The Kier molecular flexibility index (Phi) is 4.13. The lowest BCUT2D eigenvalue weighted by molar-refractivity contribution is 0.0955. The summed E-state index contributed by atoms with van der Waals surface area (Å²) in [4.78, 5) is 12.9. The van der Waals surface area contributed by atoms with E-state index in [-0.39, 0.29) is 11.8 Å². The molecule has 1 aromatic carbocycles. The fourth-order valence-corrected chi connectivity index (χ4v) is 3.75. The number of halogens is 1. The van der Waals surface area contributed by atoms with Crippen molar-refractivity contribution in [2.75, 3.05) is 6.54 Å². The number of thiophene rings is 1. The molecule has 0 spiro atoms. The predicted molar refractivity (Wildman–Crippen MR) is 88.6 cm³/mol. The normalized spacial score (nSPS) is 12.5. The van der Waals surface area contributed by atoms with Gasteiger partial charge in [0.1, 0.15) is 17.0 Å². The Morgan fingerprint density at radius 3 is 2.91 bits per heavy atom. The van der Waals surface area contributed by atoms with Gasteiger partial charge in [-0.25, -0.2) is 0 Å². The van der Waals surface area contributed by atoms with E-state index < -0.39 is 0 Å². The van der Waals surface area contributed by atoms with Gasteiger partial charge in [-0.3, -0.25) is 4.79 Å². The molecule has 0 saturated heterocycles. The van der Waals surface area contributed by atoms with Crippen LogP contribution in [0.2, 0.25) is 5.02 Å². The average molecular weight is 335 g/mol. The third-order valence-corrected chi connectivity index (χ3v) is 5.17. The highest BCUT2D eigenvalue weighted by molar-refractivity contribution is 7.21. The van der Waals surface area contributed by atoms with Crippen LogP contribution in [-0.2, 0) is 7.05 Å². The number of nitrogens with zero attached hydrogens (tertiary/aromatic N) is 3. The number of nitrogens with one attached hydrogen (secondary N) is 1. The second-order valence-corrected chi connectivity index (χ2v) is 6.58. The first-order valence-corrected chi connectivity index (χ1v) is 8.06. The van der Waals surface area contributed by atoms with Gasteiger partial charge in [-0.2, -0.15) is 0 Å². The van der Waals surface area contributed by atoms with Crippen LogP contribution in [0.3, 0.4) is 0 Å². The van der Waals surface area contributed by atoms with Crippen LogP contribution in [0.1, 0.15) is 28.3 Å². The van der Waals surface area contributed by atoms with Crippen LogP contribution in [0, 0.1) is 0 Å². The van der Waals surface area contributed by atoms with E-state index in [9.17, 15) is 4.79 Å². The van der Waals surface area contributed by atoms with Crippen molar-refractivity contribution >= 4 is 38.9 Å². The minimum atomic E-state index is -0.153. The molecule has 2 aromatic heterocycles. The number of benzene rings is 1. The molecule has 1 N–H and O–H groups in total. The maximum atomic E-state index is 12.4. The van der Waals surface area contributed by atoms with Crippen molar-refractivity contribution in [2.45, 2.75) is 12.8 Å². The second-order valence-electron chi connectivity index (χ2n) is 5.15. The van der Waals surface area contributed by atoms with Gasteiger partial charge in [-0.1, -0.05) is 36.7 Å². The van der Waals surface area contributed by atoms with Crippen molar-refractivity contribution < 1.29 is 4.79 Å². The maximum Gasteiger partial charge on any atom is 0.262 e. The smallest absolute Gasteiger partial charge is 0.262 e. The van der Waals surface area contributed by atoms with Crippen LogP contribution in [0.15, 0.2) is 30.6 Å². The average Bonchev–Trinajstić information content (AvgIpc) is 3.09. The van der Waals surface area contributed by atoms with E-state index >= 15 is 0 Å². The van der Waals surface area contributed by atoms with Gasteiger partial charge >= 0.3 is 0 Å². The minimum Gasteiger partial charge on any atom is -0.351 e.